The number of nitrogens with zero attached hydrogens (tertiary/aromatic N) is 5. The van der Waals surface area contributed by atoms with E-state index in [1.807, 2.05) is 26.0 Å². The number of hydrogen-bond donors (Lipinski definition) is 1. The summed E-state index contributed by atoms with van der Waals surface area (Å²) in [5, 5.41) is 13.0. The number of carbonyl (C=O) groups is 1. The van der Waals surface area contributed by atoms with E-state index in [4.69, 9.17) is 9.72 Å². The second-order valence-corrected chi connectivity index (χ2v) is 8.78. The Bertz CT molecular complexity index is 1330. The maximum absolute atomic E-state index is 13.7. The van der Waals surface area contributed by atoms with Crippen LogP contribution in [-0.2, 0) is 4.74 Å². The Kier molecular flexibility index (Phi) is 6.52. The summed E-state index contributed by atoms with van der Waals surface area (Å²) >= 11 is 0. The molecule has 2 aromatic heterocycles. The van der Waals surface area contributed by atoms with Crippen LogP contribution in [0.4, 0.5) is 20.3 Å². The van der Waals surface area contributed by atoms with E-state index in [2.05, 4.69) is 21.4 Å². The van der Waals surface area contributed by atoms with Crippen LogP contribution in [0.15, 0.2) is 24.3 Å². The molecule has 4 rings (SSSR count). The molecule has 0 unspecified atom stereocenters. The second kappa shape index (κ2) is 9.41. The average molecular weight is 481 g/mol. The van der Waals surface area contributed by atoms with Crippen LogP contribution in [0.5, 0.6) is 0 Å². The monoisotopic (exact) mass is 480 g/mol. The van der Waals surface area contributed by atoms with Crippen molar-refractivity contribution < 1.29 is 18.3 Å². The molecule has 1 aliphatic rings. The molecule has 0 saturated carbocycles. The van der Waals surface area contributed by atoms with E-state index in [0.29, 0.717) is 28.2 Å². The molecule has 1 atom stereocenters. The summed E-state index contributed by atoms with van der Waals surface area (Å²) in [7, 11) is 1.30. The molecule has 1 N–H and O–H groups in total. The minimum atomic E-state index is -2.71. The fourth-order valence-electron chi connectivity index (χ4n) is 4.23. The van der Waals surface area contributed by atoms with Gasteiger partial charge in [0.1, 0.15) is 6.07 Å². The summed E-state index contributed by atoms with van der Waals surface area (Å²) in [6.45, 7) is 5.80. The Morgan fingerprint density at radius 1 is 1.20 bits per heavy atom. The van der Waals surface area contributed by atoms with Gasteiger partial charge in [-0.2, -0.15) is 5.26 Å². The van der Waals surface area contributed by atoms with Crippen molar-refractivity contribution in [2.75, 3.05) is 30.4 Å². The maximum Gasteiger partial charge on any atom is 0.358 e. The minimum absolute atomic E-state index is 0.0917. The van der Waals surface area contributed by atoms with Crippen LogP contribution in [0.25, 0.3) is 11.0 Å². The van der Waals surface area contributed by atoms with Crippen LogP contribution in [0.3, 0.4) is 0 Å². The lowest BCUT2D eigenvalue weighted by Crippen LogP contribution is -2.40. The number of rotatable bonds is 5. The molecule has 0 amide bonds. The zero-order valence-corrected chi connectivity index (χ0v) is 20.0. The predicted octanol–water partition coefficient (Wildman–Crippen LogP) is 4.71. The number of alkyl halides is 2. The SMILES string of the molecule is COC(=O)c1nc(C)ccc1N[C@H](C)c1cc(C)cc2nc(C#N)c(N3CCC(F)(F)CC3)nc12. The van der Waals surface area contributed by atoms with E-state index < -0.39 is 11.9 Å². The summed E-state index contributed by atoms with van der Waals surface area (Å²) < 4.78 is 32.3. The number of methoxy groups -OCH3 is 1. The Labute approximate surface area is 202 Å². The number of ether oxygens (including phenoxy) is 1. The maximum atomic E-state index is 13.7. The highest BCUT2D eigenvalue weighted by Crippen LogP contribution is 2.33. The Balaban J connectivity index is 1.77. The lowest BCUT2D eigenvalue weighted by molar-refractivity contribution is -0.0221. The first-order valence-corrected chi connectivity index (χ1v) is 11.3. The van der Waals surface area contributed by atoms with Crippen molar-refractivity contribution in [3.8, 4) is 6.07 Å². The van der Waals surface area contributed by atoms with E-state index in [-0.39, 0.29) is 43.4 Å². The topological polar surface area (TPSA) is 104 Å². The van der Waals surface area contributed by atoms with Gasteiger partial charge in [0.25, 0.3) is 5.92 Å². The van der Waals surface area contributed by atoms with Crippen molar-refractivity contribution in [3.63, 3.8) is 0 Å². The Morgan fingerprint density at radius 3 is 2.57 bits per heavy atom. The normalized spacial score (nSPS) is 16.0. The molecule has 3 aromatic rings. The van der Waals surface area contributed by atoms with Crippen molar-refractivity contribution >= 4 is 28.5 Å². The van der Waals surface area contributed by atoms with Crippen molar-refractivity contribution in [2.24, 2.45) is 0 Å². The molecule has 1 saturated heterocycles. The molecule has 0 spiro atoms. The van der Waals surface area contributed by atoms with Gasteiger partial charge in [0.2, 0.25) is 0 Å². The fourth-order valence-corrected chi connectivity index (χ4v) is 4.23. The molecular weight excluding hydrogens is 454 g/mol. The summed E-state index contributed by atoms with van der Waals surface area (Å²) in [6, 6.07) is 9.08. The van der Waals surface area contributed by atoms with Gasteiger partial charge in [0, 0.05) is 37.2 Å². The molecule has 10 heteroatoms. The zero-order valence-electron chi connectivity index (χ0n) is 20.0. The van der Waals surface area contributed by atoms with Crippen molar-refractivity contribution in [2.45, 2.75) is 45.6 Å². The molecule has 0 bridgehead atoms. The second-order valence-electron chi connectivity index (χ2n) is 8.78. The molecule has 8 nitrogen and oxygen atoms in total. The highest BCUT2D eigenvalue weighted by atomic mass is 19.3. The first kappa shape index (κ1) is 24.3. The van der Waals surface area contributed by atoms with Crippen LogP contribution in [0.1, 0.15) is 58.8 Å². The van der Waals surface area contributed by atoms with Gasteiger partial charge in [-0.3, -0.25) is 0 Å². The quantitative estimate of drug-likeness (QED) is 0.524. The number of benzene rings is 1. The number of fused-ring (bicyclic) bond motifs is 1. The van der Waals surface area contributed by atoms with Gasteiger partial charge < -0.3 is 15.0 Å². The van der Waals surface area contributed by atoms with E-state index in [1.165, 1.54) is 7.11 Å². The smallest absolute Gasteiger partial charge is 0.358 e. The molecule has 0 radical (unpaired) electrons. The van der Waals surface area contributed by atoms with Crippen LogP contribution < -0.4 is 10.2 Å². The summed E-state index contributed by atoms with van der Waals surface area (Å²) in [5.74, 6) is -2.96. The van der Waals surface area contributed by atoms with Gasteiger partial charge in [-0.25, -0.2) is 28.5 Å². The highest BCUT2D eigenvalue weighted by molar-refractivity contribution is 5.93. The molecular formula is C25H26F2N6O2. The van der Waals surface area contributed by atoms with Crippen molar-refractivity contribution in [1.29, 1.82) is 5.26 Å². The standard InChI is InChI=1S/C25H26F2N6O2/c1-14-11-17(16(3)30-18-6-5-15(2)29-22(18)24(34)35-4)21-19(12-14)31-20(13-28)23(32-21)33-9-7-25(26,27)8-10-33/h5-6,11-12,16,30H,7-10H2,1-4H3/t16-/m1/s1. The number of piperidine rings is 1. The fraction of sp³-hybridized carbons (Fsp3) is 0.400. The van der Waals surface area contributed by atoms with Gasteiger partial charge in [-0.05, 0) is 44.5 Å². The number of esters is 1. The largest absolute Gasteiger partial charge is 0.464 e. The average Bonchev–Trinajstić information content (AvgIpc) is 2.83. The third-order valence-corrected chi connectivity index (χ3v) is 6.08. The minimum Gasteiger partial charge on any atom is -0.464 e. The molecule has 1 aliphatic heterocycles. The van der Waals surface area contributed by atoms with Crippen LogP contribution in [0.2, 0.25) is 0 Å². The number of aromatic nitrogens is 3. The van der Waals surface area contributed by atoms with Gasteiger partial charge in [-0.1, -0.05) is 6.07 Å². The third-order valence-electron chi connectivity index (χ3n) is 6.08. The van der Waals surface area contributed by atoms with Gasteiger partial charge in [0.15, 0.2) is 17.2 Å². The Hall–Kier alpha value is -3.87. The van der Waals surface area contributed by atoms with Crippen LogP contribution in [0, 0.1) is 25.2 Å². The van der Waals surface area contributed by atoms with Gasteiger partial charge >= 0.3 is 5.97 Å². The number of hydrogen-bond acceptors (Lipinski definition) is 8. The van der Waals surface area contributed by atoms with E-state index in [9.17, 15) is 18.8 Å². The first-order chi connectivity index (χ1) is 16.6. The van der Waals surface area contributed by atoms with Crippen LogP contribution >= 0.6 is 0 Å². The zero-order chi connectivity index (χ0) is 25.3. The van der Waals surface area contributed by atoms with Gasteiger partial charge in [0.05, 0.1) is 29.9 Å². The predicted molar refractivity (Wildman–Crippen MR) is 128 cm³/mol. The molecule has 1 aromatic carbocycles. The number of halogens is 2. The van der Waals surface area contributed by atoms with E-state index in [0.717, 1.165) is 11.1 Å². The van der Waals surface area contributed by atoms with Crippen molar-refractivity contribution in [1.82, 2.24) is 15.0 Å². The first-order valence-electron chi connectivity index (χ1n) is 11.3. The third kappa shape index (κ3) is 4.99. The van der Waals surface area contributed by atoms with Gasteiger partial charge in [-0.15, -0.1) is 0 Å². The van der Waals surface area contributed by atoms with E-state index in [1.54, 1.807) is 24.0 Å². The number of pyridine rings is 1. The molecule has 35 heavy (non-hydrogen) atoms. The van der Waals surface area contributed by atoms with Crippen molar-refractivity contribution in [3.05, 3.63) is 52.5 Å². The number of nitrogens with one attached hydrogen (secondary N) is 1. The van der Waals surface area contributed by atoms with E-state index >= 15 is 0 Å². The number of carbonyl (C=O) groups excluding carboxylic acids is 1. The Morgan fingerprint density at radius 2 is 1.91 bits per heavy atom. The lowest BCUT2D eigenvalue weighted by atomic mass is 10.0. The summed E-state index contributed by atoms with van der Waals surface area (Å²) in [6.07, 6.45) is -0.597. The highest BCUT2D eigenvalue weighted by Gasteiger charge is 2.35. The molecule has 1 fully saturated rings. The number of nitriles is 1. The molecule has 182 valence electrons. The molecule has 0 aliphatic carbocycles. The summed E-state index contributed by atoms with van der Waals surface area (Å²) in [5.41, 5.74) is 4.26. The lowest BCUT2D eigenvalue weighted by Gasteiger charge is -2.33. The number of aryl methyl sites for hydroxylation is 2. The summed E-state index contributed by atoms with van der Waals surface area (Å²) in [4.78, 5) is 27.6. The van der Waals surface area contributed by atoms with Crippen LogP contribution in [-0.4, -0.2) is 47.0 Å². The number of anilines is 2. The molecule has 3 heterocycles.